The van der Waals surface area contributed by atoms with E-state index < -0.39 is 12.1 Å². The van der Waals surface area contributed by atoms with Gasteiger partial charge in [0, 0.05) is 21.0 Å². The number of pyridine rings is 1. The third-order valence-electron chi connectivity index (χ3n) is 6.92. The van der Waals surface area contributed by atoms with Crippen LogP contribution in [0.15, 0.2) is 108 Å². The standard InChI is InChI=1S/C33H21BrN2O5/c1-19(30(37)21-7-3-2-4-8-21)41-33(40)27-18-29(35-28-16-13-22(34)17-26(27)28)20-11-14-23(15-12-20)36-31(38)24-9-5-6-10-25(24)32(36)39/h2-19H,1H3. The van der Waals surface area contributed by atoms with Crippen molar-refractivity contribution >= 4 is 56.1 Å². The lowest BCUT2D eigenvalue weighted by molar-refractivity contribution is 0.0320. The summed E-state index contributed by atoms with van der Waals surface area (Å²) in [6.45, 7) is 1.55. The van der Waals surface area contributed by atoms with E-state index in [9.17, 15) is 19.2 Å². The van der Waals surface area contributed by atoms with Crippen LogP contribution in [0.4, 0.5) is 5.69 Å². The zero-order chi connectivity index (χ0) is 28.7. The van der Waals surface area contributed by atoms with Crippen LogP contribution in [0.25, 0.3) is 22.2 Å². The van der Waals surface area contributed by atoms with Gasteiger partial charge in [-0.25, -0.2) is 14.7 Å². The van der Waals surface area contributed by atoms with Gasteiger partial charge in [0.25, 0.3) is 11.8 Å². The lowest BCUT2D eigenvalue weighted by Gasteiger charge is -2.16. The fourth-order valence-electron chi connectivity index (χ4n) is 4.83. The number of Topliss-reactive ketones (excluding diaryl/α,β-unsaturated/α-hetero) is 1. The highest BCUT2D eigenvalue weighted by Gasteiger charge is 2.36. The second kappa shape index (κ2) is 10.6. The van der Waals surface area contributed by atoms with Crippen molar-refractivity contribution in [1.29, 1.82) is 0 Å². The van der Waals surface area contributed by atoms with Crippen LogP contribution in [0.5, 0.6) is 0 Å². The Labute approximate surface area is 243 Å². The Bertz CT molecular complexity index is 1830. The molecule has 0 radical (unpaired) electrons. The summed E-state index contributed by atoms with van der Waals surface area (Å²) in [5.74, 6) is -1.72. The molecule has 0 fully saturated rings. The summed E-state index contributed by atoms with van der Waals surface area (Å²) in [6.07, 6.45) is -0.998. The summed E-state index contributed by atoms with van der Waals surface area (Å²) in [5, 5.41) is 0.565. The highest BCUT2D eigenvalue weighted by atomic mass is 79.9. The molecule has 0 saturated carbocycles. The monoisotopic (exact) mass is 604 g/mol. The van der Waals surface area contributed by atoms with Crippen LogP contribution >= 0.6 is 15.9 Å². The van der Waals surface area contributed by atoms with Crippen molar-refractivity contribution in [2.45, 2.75) is 13.0 Å². The number of carbonyl (C=O) groups excluding carboxylic acids is 4. The van der Waals surface area contributed by atoms with Gasteiger partial charge in [0.15, 0.2) is 6.10 Å². The van der Waals surface area contributed by atoms with Gasteiger partial charge in [-0.1, -0.05) is 70.5 Å². The topological polar surface area (TPSA) is 93.6 Å². The van der Waals surface area contributed by atoms with Crippen molar-refractivity contribution in [2.24, 2.45) is 0 Å². The number of fused-ring (bicyclic) bond motifs is 2. The van der Waals surface area contributed by atoms with Crippen molar-refractivity contribution in [1.82, 2.24) is 4.98 Å². The van der Waals surface area contributed by atoms with Gasteiger partial charge in [-0.05, 0) is 55.5 Å². The molecule has 1 aliphatic heterocycles. The van der Waals surface area contributed by atoms with Crippen LogP contribution in [0, 0.1) is 0 Å². The molecule has 0 saturated heterocycles. The number of carbonyl (C=O) groups is 4. The van der Waals surface area contributed by atoms with Crippen molar-refractivity contribution < 1.29 is 23.9 Å². The number of anilines is 1. The number of ketones is 1. The molecular weight excluding hydrogens is 584 g/mol. The number of hydrogen-bond donors (Lipinski definition) is 0. The Morgan fingerprint density at radius 1 is 0.805 bits per heavy atom. The van der Waals surface area contributed by atoms with Crippen LogP contribution in [-0.2, 0) is 4.74 Å². The number of ether oxygens (including phenoxy) is 1. The minimum Gasteiger partial charge on any atom is -0.451 e. The summed E-state index contributed by atoms with van der Waals surface area (Å²) in [7, 11) is 0. The smallest absolute Gasteiger partial charge is 0.339 e. The van der Waals surface area contributed by atoms with Crippen LogP contribution in [-0.4, -0.2) is 34.7 Å². The minimum atomic E-state index is -0.998. The van der Waals surface area contributed by atoms with Gasteiger partial charge in [-0.3, -0.25) is 14.4 Å². The quantitative estimate of drug-likeness (QED) is 0.119. The number of esters is 1. The van der Waals surface area contributed by atoms with E-state index in [1.807, 2.05) is 12.1 Å². The maximum atomic E-state index is 13.4. The van der Waals surface area contributed by atoms with Crippen LogP contribution in [0.2, 0.25) is 0 Å². The van der Waals surface area contributed by atoms with E-state index in [4.69, 9.17) is 9.72 Å². The molecule has 1 aromatic heterocycles. The Morgan fingerprint density at radius 2 is 1.44 bits per heavy atom. The molecule has 2 amide bonds. The zero-order valence-electron chi connectivity index (χ0n) is 21.7. The molecule has 5 aromatic rings. The fraction of sp³-hybridized carbons (Fsp3) is 0.0606. The number of imide groups is 1. The highest BCUT2D eigenvalue weighted by molar-refractivity contribution is 9.10. The SMILES string of the molecule is CC(OC(=O)c1cc(-c2ccc(N3C(=O)c4ccccc4C3=O)cc2)nc2ccc(Br)cc12)C(=O)c1ccccc1. The molecule has 0 aliphatic carbocycles. The number of aromatic nitrogens is 1. The van der Waals surface area contributed by atoms with Crippen LogP contribution in [0.1, 0.15) is 48.4 Å². The number of benzene rings is 4. The van der Waals surface area contributed by atoms with Crippen molar-refractivity contribution in [3.63, 3.8) is 0 Å². The lowest BCUT2D eigenvalue weighted by Crippen LogP contribution is -2.29. The molecule has 0 bridgehead atoms. The average Bonchev–Trinajstić information content (AvgIpc) is 3.26. The summed E-state index contributed by atoms with van der Waals surface area (Å²) < 4.78 is 6.38. The molecule has 1 unspecified atom stereocenters. The van der Waals surface area contributed by atoms with Gasteiger partial charge in [-0.2, -0.15) is 0 Å². The Morgan fingerprint density at radius 3 is 2.10 bits per heavy atom. The van der Waals surface area contributed by atoms with Crippen molar-refractivity contribution in [2.75, 3.05) is 4.90 Å². The summed E-state index contributed by atoms with van der Waals surface area (Å²) in [4.78, 5) is 57.9. The second-order valence-electron chi connectivity index (χ2n) is 9.53. The molecule has 0 spiro atoms. The van der Waals surface area contributed by atoms with E-state index in [1.165, 1.54) is 0 Å². The van der Waals surface area contributed by atoms with Crippen LogP contribution < -0.4 is 4.90 Å². The van der Waals surface area contributed by atoms with E-state index in [0.717, 1.165) is 9.37 Å². The van der Waals surface area contributed by atoms with Gasteiger partial charge < -0.3 is 4.74 Å². The maximum Gasteiger partial charge on any atom is 0.339 e. The van der Waals surface area contributed by atoms with E-state index in [2.05, 4.69) is 15.9 Å². The predicted octanol–water partition coefficient (Wildman–Crippen LogP) is 6.89. The average molecular weight is 605 g/mol. The van der Waals surface area contributed by atoms with Crippen molar-refractivity contribution in [3.05, 3.63) is 130 Å². The Balaban J connectivity index is 1.32. The number of halogens is 1. The summed E-state index contributed by atoms with van der Waals surface area (Å²) in [6, 6.07) is 29.2. The number of amides is 2. The number of rotatable bonds is 6. The lowest BCUT2D eigenvalue weighted by atomic mass is 10.0. The fourth-order valence-corrected chi connectivity index (χ4v) is 5.20. The molecule has 1 aliphatic rings. The Hall–Kier alpha value is -4.95. The first-order valence-corrected chi connectivity index (χ1v) is 13.6. The van der Waals surface area contributed by atoms with Gasteiger partial charge in [0.05, 0.1) is 33.6 Å². The molecule has 1 atom stereocenters. The Kier molecular flexibility index (Phi) is 6.77. The van der Waals surface area contributed by atoms with Crippen molar-refractivity contribution in [3.8, 4) is 11.3 Å². The molecule has 0 N–H and O–H groups in total. The minimum absolute atomic E-state index is 0.253. The maximum absolute atomic E-state index is 13.4. The summed E-state index contributed by atoms with van der Waals surface area (Å²) in [5.41, 5.74) is 3.58. The van der Waals surface area contributed by atoms with Gasteiger partial charge in [0.2, 0.25) is 5.78 Å². The third kappa shape index (κ3) is 4.83. The van der Waals surface area contributed by atoms with Gasteiger partial charge in [0.1, 0.15) is 0 Å². The number of nitrogens with zero attached hydrogens (tertiary/aromatic N) is 2. The van der Waals surface area contributed by atoms with E-state index in [0.29, 0.717) is 44.5 Å². The molecule has 4 aromatic carbocycles. The second-order valence-corrected chi connectivity index (χ2v) is 10.4. The van der Waals surface area contributed by atoms with E-state index >= 15 is 0 Å². The van der Waals surface area contributed by atoms with E-state index in [-0.39, 0.29) is 23.2 Å². The highest BCUT2D eigenvalue weighted by Crippen LogP contribution is 2.32. The normalized spacial score (nSPS) is 13.3. The molecule has 41 heavy (non-hydrogen) atoms. The van der Waals surface area contributed by atoms with E-state index in [1.54, 1.807) is 97.9 Å². The first-order valence-electron chi connectivity index (χ1n) is 12.8. The molecule has 8 heteroatoms. The zero-order valence-corrected chi connectivity index (χ0v) is 23.3. The summed E-state index contributed by atoms with van der Waals surface area (Å²) >= 11 is 3.45. The predicted molar refractivity (Wildman–Crippen MR) is 158 cm³/mol. The molecule has 200 valence electrons. The van der Waals surface area contributed by atoms with Gasteiger partial charge >= 0.3 is 5.97 Å². The first-order chi connectivity index (χ1) is 19.8. The van der Waals surface area contributed by atoms with Crippen LogP contribution in [0.3, 0.4) is 0 Å². The molecule has 7 nitrogen and oxygen atoms in total. The largest absolute Gasteiger partial charge is 0.451 e. The van der Waals surface area contributed by atoms with Gasteiger partial charge in [-0.15, -0.1) is 0 Å². The molecule has 6 rings (SSSR count). The first kappa shape index (κ1) is 26.3. The number of hydrogen-bond acceptors (Lipinski definition) is 6. The molecule has 2 heterocycles. The molecular formula is C33H21BrN2O5. The third-order valence-corrected chi connectivity index (χ3v) is 7.41.